The first-order chi connectivity index (χ1) is 14.4. The highest BCUT2D eigenvalue weighted by atomic mass is 31.2. The summed E-state index contributed by atoms with van der Waals surface area (Å²) in [5.41, 5.74) is 0.831. The number of H-pyrrole nitrogens is 1. The first kappa shape index (κ1) is 23.2. The quantitative estimate of drug-likeness (QED) is 0.221. The summed E-state index contributed by atoms with van der Waals surface area (Å²) in [5, 5.41) is 30.8. The molecule has 12 nitrogen and oxygen atoms in total. The van der Waals surface area contributed by atoms with Gasteiger partial charge in [-0.15, -0.1) is 0 Å². The highest BCUT2D eigenvalue weighted by Crippen LogP contribution is 2.36. The van der Waals surface area contributed by atoms with Gasteiger partial charge in [-0.05, 0) is 37.1 Å². The second-order valence-corrected chi connectivity index (χ2v) is 9.28. The molecule has 168 valence electrons. The molecule has 4 atom stereocenters. The number of rotatable bonds is 7. The topological polar surface area (TPSA) is 188 Å². The minimum atomic E-state index is -3.89. The number of benzene rings is 1. The lowest BCUT2D eigenvalue weighted by atomic mass is 10.1. The van der Waals surface area contributed by atoms with Crippen LogP contribution in [0.5, 0.6) is 0 Å². The fraction of sp³-hybridized carbons (Fsp3) is 0.444. The van der Waals surface area contributed by atoms with Crippen molar-refractivity contribution in [1.29, 1.82) is 0 Å². The number of hydrogen-bond donors (Lipinski definition) is 5. The van der Waals surface area contributed by atoms with Gasteiger partial charge < -0.3 is 29.3 Å². The van der Waals surface area contributed by atoms with Crippen LogP contribution in [-0.2, 0) is 15.6 Å². The van der Waals surface area contributed by atoms with Crippen molar-refractivity contribution >= 4 is 18.6 Å². The van der Waals surface area contributed by atoms with Gasteiger partial charge in [0.05, 0.1) is 24.2 Å². The van der Waals surface area contributed by atoms with Crippen molar-refractivity contribution in [3.8, 4) is 11.5 Å². The highest BCUT2D eigenvalue weighted by molar-refractivity contribution is 7.51. The van der Waals surface area contributed by atoms with Crippen molar-refractivity contribution in [3.63, 3.8) is 0 Å². The van der Waals surface area contributed by atoms with Gasteiger partial charge in [0.15, 0.2) is 11.5 Å². The van der Waals surface area contributed by atoms with Crippen molar-refractivity contribution in [2.24, 2.45) is 0 Å². The zero-order chi connectivity index (χ0) is 23.1. The molecule has 2 aliphatic heterocycles. The molecule has 5 N–H and O–H groups in total. The van der Waals surface area contributed by atoms with Gasteiger partial charge in [0, 0.05) is 6.66 Å². The molecule has 0 bridgehead atoms. The van der Waals surface area contributed by atoms with E-state index in [-0.39, 0.29) is 18.1 Å². The number of hydrogen-bond acceptors (Lipinski definition) is 9. The van der Waals surface area contributed by atoms with Gasteiger partial charge >= 0.3 is 13.3 Å². The fourth-order valence-electron chi connectivity index (χ4n) is 3.10. The average Bonchev–Trinajstić information content (AvgIpc) is 2.67. The third kappa shape index (κ3) is 5.06. The van der Waals surface area contributed by atoms with E-state index >= 15 is 0 Å². The number of fused-ring (bicyclic) bond motifs is 2. The van der Waals surface area contributed by atoms with Gasteiger partial charge in [-0.3, -0.25) is 14.3 Å². The average molecular weight is 454 g/mol. The van der Waals surface area contributed by atoms with Gasteiger partial charge in [-0.25, -0.2) is 9.78 Å². The summed E-state index contributed by atoms with van der Waals surface area (Å²) < 4.78 is 17.2. The Morgan fingerprint density at radius 2 is 1.77 bits per heavy atom. The molecule has 0 saturated heterocycles. The summed E-state index contributed by atoms with van der Waals surface area (Å²) in [5.74, 6) is -0.102. The van der Waals surface area contributed by atoms with Crippen LogP contribution in [0.15, 0.2) is 21.7 Å². The minimum Gasteiger partial charge on any atom is -0.388 e. The number of nitrogens with zero attached hydrogens (tertiary/aromatic N) is 3. The van der Waals surface area contributed by atoms with Crippen LogP contribution in [0.3, 0.4) is 0 Å². The Labute approximate surface area is 175 Å². The van der Waals surface area contributed by atoms with Crippen molar-refractivity contribution in [2.45, 2.75) is 38.7 Å². The van der Waals surface area contributed by atoms with Crippen LogP contribution in [-0.4, -0.2) is 71.3 Å². The SMILES string of the molecule is Cc1cc2nc3c(=O)[nH]c(=O)nc-3n(C[C@H](O)[C@H](O)[C@H](O)COP(C)(=O)O)c2cc1C. The zero-order valence-corrected chi connectivity index (χ0v) is 17.9. The summed E-state index contributed by atoms with van der Waals surface area (Å²) in [6, 6.07) is 3.47. The Balaban J connectivity index is 2.06. The normalized spacial score (nSPS) is 16.9. The van der Waals surface area contributed by atoms with Crippen LogP contribution >= 0.6 is 7.60 Å². The Kier molecular flexibility index (Phi) is 6.42. The molecule has 0 saturated carbocycles. The first-order valence-electron chi connectivity index (χ1n) is 9.28. The molecule has 0 aliphatic carbocycles. The molecule has 2 heterocycles. The molecule has 0 amide bonds. The molecule has 0 radical (unpaired) electrons. The molecule has 0 spiro atoms. The second kappa shape index (κ2) is 8.58. The number of aliphatic hydroxyl groups is 3. The van der Waals surface area contributed by atoms with Gasteiger partial charge in [0.1, 0.15) is 18.3 Å². The molecule has 0 aromatic heterocycles. The lowest BCUT2D eigenvalue weighted by Crippen LogP contribution is -2.42. The Morgan fingerprint density at radius 3 is 2.42 bits per heavy atom. The summed E-state index contributed by atoms with van der Waals surface area (Å²) in [6.45, 7) is 3.57. The van der Waals surface area contributed by atoms with Crippen LogP contribution < -0.4 is 11.2 Å². The van der Waals surface area contributed by atoms with Crippen LogP contribution in [0.2, 0.25) is 0 Å². The van der Waals surface area contributed by atoms with Crippen LogP contribution in [0.25, 0.3) is 22.6 Å². The minimum absolute atomic E-state index is 0.102. The van der Waals surface area contributed by atoms with E-state index in [9.17, 15) is 29.5 Å². The van der Waals surface area contributed by atoms with E-state index in [4.69, 9.17) is 4.89 Å². The predicted octanol–water partition coefficient (Wildman–Crippen LogP) is -0.884. The van der Waals surface area contributed by atoms with Crippen molar-refractivity contribution in [2.75, 3.05) is 13.3 Å². The van der Waals surface area contributed by atoms with Crippen LogP contribution in [0.4, 0.5) is 0 Å². The number of aryl methyl sites for hydroxylation is 2. The van der Waals surface area contributed by atoms with E-state index in [0.717, 1.165) is 17.8 Å². The van der Waals surface area contributed by atoms with Crippen molar-refractivity contribution in [1.82, 2.24) is 19.5 Å². The van der Waals surface area contributed by atoms with E-state index in [1.807, 2.05) is 18.8 Å². The number of aromatic amines is 1. The number of aliphatic hydroxyl groups excluding tert-OH is 3. The van der Waals surface area contributed by atoms with Crippen LogP contribution in [0, 0.1) is 13.8 Å². The Morgan fingerprint density at radius 1 is 1.13 bits per heavy atom. The zero-order valence-electron chi connectivity index (χ0n) is 17.0. The van der Waals surface area contributed by atoms with E-state index in [2.05, 4.69) is 14.5 Å². The third-order valence-electron chi connectivity index (χ3n) is 4.87. The molecule has 1 unspecified atom stereocenters. The summed E-state index contributed by atoms with van der Waals surface area (Å²) in [7, 11) is -3.89. The summed E-state index contributed by atoms with van der Waals surface area (Å²) in [4.78, 5) is 43.3. The van der Waals surface area contributed by atoms with Crippen LogP contribution in [0.1, 0.15) is 11.1 Å². The maximum atomic E-state index is 12.3. The molecular weight excluding hydrogens is 431 g/mol. The molecule has 1 aromatic carbocycles. The standard InChI is InChI=1S/C18H23N4O8P/c1-8-4-10-11(5-9(8)2)22(16-14(19-10)17(26)21-18(27)20-16)6-12(23)15(25)13(24)7-30-31(3,28)29/h4-5,12-13,15,23-25H,6-7H2,1-3H3,(H,28,29)(H,21,26,27)/t12-,13+,15-/m0/s1. The third-order valence-corrected chi connectivity index (χ3v) is 5.50. The molecule has 2 aliphatic rings. The Hall–Kier alpha value is -2.47. The van der Waals surface area contributed by atoms with Crippen molar-refractivity contribution < 1.29 is 29.3 Å². The maximum Gasteiger partial charge on any atom is 0.349 e. The monoisotopic (exact) mass is 454 g/mol. The summed E-state index contributed by atoms with van der Waals surface area (Å²) in [6.07, 6.45) is -5.05. The van der Waals surface area contributed by atoms with Gasteiger partial charge in [-0.2, -0.15) is 4.98 Å². The van der Waals surface area contributed by atoms with Gasteiger partial charge in [0.25, 0.3) is 5.56 Å². The van der Waals surface area contributed by atoms with E-state index in [1.165, 1.54) is 4.57 Å². The smallest absolute Gasteiger partial charge is 0.349 e. The molecular formula is C18H23N4O8P. The van der Waals surface area contributed by atoms with Gasteiger partial charge in [0.2, 0.25) is 0 Å². The molecule has 3 rings (SSSR count). The summed E-state index contributed by atoms with van der Waals surface area (Å²) >= 11 is 0. The number of aromatic nitrogens is 4. The number of nitrogens with one attached hydrogen (secondary N) is 1. The van der Waals surface area contributed by atoms with E-state index in [1.54, 1.807) is 12.1 Å². The first-order valence-corrected chi connectivity index (χ1v) is 11.3. The van der Waals surface area contributed by atoms with Crippen molar-refractivity contribution in [3.05, 3.63) is 44.1 Å². The van der Waals surface area contributed by atoms with E-state index < -0.39 is 43.8 Å². The highest BCUT2D eigenvalue weighted by Gasteiger charge is 2.29. The lowest BCUT2D eigenvalue weighted by molar-refractivity contribution is -0.0776. The predicted molar refractivity (Wildman–Crippen MR) is 110 cm³/mol. The molecule has 0 fully saturated rings. The lowest BCUT2D eigenvalue weighted by Gasteiger charge is -2.26. The molecule has 13 heteroatoms. The molecule has 1 aromatic rings. The van der Waals surface area contributed by atoms with E-state index in [0.29, 0.717) is 11.0 Å². The Bertz CT molecular complexity index is 1250. The largest absolute Gasteiger partial charge is 0.388 e. The fourth-order valence-corrected chi connectivity index (χ4v) is 3.53. The van der Waals surface area contributed by atoms with Gasteiger partial charge in [-0.1, -0.05) is 0 Å². The molecule has 31 heavy (non-hydrogen) atoms. The second-order valence-electron chi connectivity index (χ2n) is 7.41. The maximum absolute atomic E-state index is 12.3.